The molecule has 0 aromatic heterocycles. The van der Waals surface area contributed by atoms with Gasteiger partial charge in [0.25, 0.3) is 0 Å². The highest BCUT2D eigenvalue weighted by atomic mass is 16.2. The van der Waals surface area contributed by atoms with Gasteiger partial charge < -0.3 is 15.5 Å². The van der Waals surface area contributed by atoms with E-state index in [1.165, 1.54) is 0 Å². The molecule has 1 heterocycles. The normalized spacial score (nSPS) is 18.5. The van der Waals surface area contributed by atoms with E-state index in [9.17, 15) is 14.4 Å². The van der Waals surface area contributed by atoms with E-state index in [1.54, 1.807) is 4.90 Å². The molecule has 1 atom stereocenters. The van der Waals surface area contributed by atoms with E-state index in [4.69, 9.17) is 0 Å². The monoisotopic (exact) mass is 297 g/mol. The molecule has 1 saturated heterocycles. The SMILES string of the molecule is CCNC(=O)CNC(=O)[C@H]1CCCN1C(=O)CC(C)(C)C. The zero-order chi connectivity index (χ0) is 16.0. The summed E-state index contributed by atoms with van der Waals surface area (Å²) >= 11 is 0. The Morgan fingerprint density at radius 1 is 1.19 bits per heavy atom. The van der Waals surface area contributed by atoms with Gasteiger partial charge in [-0.05, 0) is 25.2 Å². The molecule has 1 aliphatic heterocycles. The third-order valence-corrected chi connectivity index (χ3v) is 3.35. The number of amides is 3. The van der Waals surface area contributed by atoms with E-state index in [2.05, 4.69) is 10.6 Å². The molecule has 1 aliphatic rings. The van der Waals surface area contributed by atoms with Gasteiger partial charge >= 0.3 is 0 Å². The van der Waals surface area contributed by atoms with Crippen molar-refractivity contribution in [1.82, 2.24) is 15.5 Å². The minimum absolute atomic E-state index is 0.0122. The van der Waals surface area contributed by atoms with E-state index in [1.807, 2.05) is 27.7 Å². The van der Waals surface area contributed by atoms with Crippen LogP contribution in [0.2, 0.25) is 0 Å². The maximum atomic E-state index is 12.3. The fourth-order valence-corrected chi connectivity index (χ4v) is 2.44. The van der Waals surface area contributed by atoms with Gasteiger partial charge in [0.2, 0.25) is 17.7 Å². The summed E-state index contributed by atoms with van der Waals surface area (Å²) in [5.74, 6) is -0.435. The first-order chi connectivity index (χ1) is 9.74. The minimum Gasteiger partial charge on any atom is -0.355 e. The smallest absolute Gasteiger partial charge is 0.243 e. The number of rotatable bonds is 5. The summed E-state index contributed by atoms with van der Waals surface area (Å²) in [6.07, 6.45) is 1.92. The Morgan fingerprint density at radius 2 is 1.86 bits per heavy atom. The van der Waals surface area contributed by atoms with Crippen molar-refractivity contribution in [2.45, 2.75) is 53.0 Å². The fourth-order valence-electron chi connectivity index (χ4n) is 2.44. The first-order valence-corrected chi connectivity index (χ1v) is 7.58. The van der Waals surface area contributed by atoms with Crippen LogP contribution in [-0.4, -0.2) is 48.3 Å². The molecule has 0 bridgehead atoms. The zero-order valence-corrected chi connectivity index (χ0v) is 13.5. The van der Waals surface area contributed by atoms with Crippen LogP contribution in [-0.2, 0) is 14.4 Å². The second-order valence-electron chi connectivity index (χ2n) is 6.65. The number of likely N-dealkylation sites (tertiary alicyclic amines) is 1. The first-order valence-electron chi connectivity index (χ1n) is 7.58. The number of carbonyl (C=O) groups excluding carboxylic acids is 3. The lowest BCUT2D eigenvalue weighted by Gasteiger charge is -2.27. The van der Waals surface area contributed by atoms with E-state index < -0.39 is 6.04 Å². The molecule has 21 heavy (non-hydrogen) atoms. The highest BCUT2D eigenvalue weighted by molar-refractivity contribution is 5.91. The van der Waals surface area contributed by atoms with E-state index >= 15 is 0 Å². The predicted molar refractivity (Wildman–Crippen MR) is 80.5 cm³/mol. The summed E-state index contributed by atoms with van der Waals surface area (Å²) in [5, 5.41) is 5.23. The molecule has 0 spiro atoms. The molecular formula is C15H27N3O3. The highest BCUT2D eigenvalue weighted by Gasteiger charge is 2.35. The van der Waals surface area contributed by atoms with Crippen LogP contribution in [0.5, 0.6) is 0 Å². The van der Waals surface area contributed by atoms with Crippen molar-refractivity contribution < 1.29 is 14.4 Å². The number of likely N-dealkylation sites (N-methyl/N-ethyl adjacent to an activating group) is 1. The molecular weight excluding hydrogens is 270 g/mol. The summed E-state index contributed by atoms with van der Waals surface area (Å²) in [6, 6.07) is -0.436. The number of nitrogens with one attached hydrogen (secondary N) is 2. The Bertz CT molecular complexity index is 401. The molecule has 0 radical (unpaired) electrons. The van der Waals surface area contributed by atoms with Gasteiger partial charge in [0.05, 0.1) is 6.54 Å². The summed E-state index contributed by atoms with van der Waals surface area (Å²) < 4.78 is 0. The third-order valence-electron chi connectivity index (χ3n) is 3.35. The number of hydrogen-bond donors (Lipinski definition) is 2. The van der Waals surface area contributed by atoms with Crippen LogP contribution in [0.25, 0.3) is 0 Å². The van der Waals surface area contributed by atoms with Crippen molar-refractivity contribution in [2.24, 2.45) is 5.41 Å². The van der Waals surface area contributed by atoms with Crippen molar-refractivity contribution in [1.29, 1.82) is 0 Å². The molecule has 0 unspecified atom stereocenters. The van der Waals surface area contributed by atoms with Crippen LogP contribution in [0.1, 0.15) is 47.0 Å². The Labute approximate surface area is 126 Å². The maximum absolute atomic E-state index is 12.3. The van der Waals surface area contributed by atoms with Gasteiger partial charge in [-0.2, -0.15) is 0 Å². The van der Waals surface area contributed by atoms with E-state index in [-0.39, 0.29) is 29.7 Å². The quantitative estimate of drug-likeness (QED) is 0.782. The van der Waals surface area contributed by atoms with Crippen molar-refractivity contribution in [3.05, 3.63) is 0 Å². The van der Waals surface area contributed by atoms with Crippen LogP contribution in [0.4, 0.5) is 0 Å². The first kappa shape index (κ1) is 17.5. The molecule has 1 fully saturated rings. The van der Waals surface area contributed by atoms with Gasteiger partial charge in [-0.1, -0.05) is 20.8 Å². The van der Waals surface area contributed by atoms with Crippen molar-refractivity contribution in [3.63, 3.8) is 0 Å². The molecule has 0 saturated carbocycles. The highest BCUT2D eigenvalue weighted by Crippen LogP contribution is 2.24. The lowest BCUT2D eigenvalue weighted by atomic mass is 9.91. The van der Waals surface area contributed by atoms with Gasteiger partial charge in [-0.3, -0.25) is 14.4 Å². The summed E-state index contributed by atoms with van der Waals surface area (Å²) in [4.78, 5) is 37.4. The Balaban J connectivity index is 2.54. The molecule has 3 amide bonds. The van der Waals surface area contributed by atoms with Gasteiger partial charge in [-0.15, -0.1) is 0 Å². The topological polar surface area (TPSA) is 78.5 Å². The average molecular weight is 297 g/mol. The van der Waals surface area contributed by atoms with Gasteiger partial charge in [0.1, 0.15) is 6.04 Å². The molecule has 0 aromatic carbocycles. The van der Waals surface area contributed by atoms with Crippen LogP contribution in [0.15, 0.2) is 0 Å². The largest absolute Gasteiger partial charge is 0.355 e. The molecule has 0 aliphatic carbocycles. The Kier molecular flexibility index (Phi) is 6.18. The molecule has 6 heteroatoms. The van der Waals surface area contributed by atoms with Crippen molar-refractivity contribution in [3.8, 4) is 0 Å². The predicted octanol–water partition coefficient (Wildman–Crippen LogP) is 0.666. The number of hydrogen-bond acceptors (Lipinski definition) is 3. The van der Waals surface area contributed by atoms with Gasteiger partial charge in [-0.25, -0.2) is 0 Å². The molecule has 0 aromatic rings. The van der Waals surface area contributed by atoms with Crippen LogP contribution < -0.4 is 10.6 Å². The molecule has 120 valence electrons. The number of carbonyl (C=O) groups is 3. The van der Waals surface area contributed by atoms with Crippen LogP contribution in [0, 0.1) is 5.41 Å². The number of nitrogens with zero attached hydrogens (tertiary/aromatic N) is 1. The van der Waals surface area contributed by atoms with Gasteiger partial charge in [0.15, 0.2) is 0 Å². The van der Waals surface area contributed by atoms with Crippen LogP contribution >= 0.6 is 0 Å². The zero-order valence-electron chi connectivity index (χ0n) is 13.5. The fraction of sp³-hybridized carbons (Fsp3) is 0.800. The molecule has 2 N–H and O–H groups in total. The van der Waals surface area contributed by atoms with Crippen LogP contribution in [0.3, 0.4) is 0 Å². The maximum Gasteiger partial charge on any atom is 0.243 e. The summed E-state index contributed by atoms with van der Waals surface area (Å²) in [5.41, 5.74) is -0.0955. The lowest BCUT2D eigenvalue weighted by molar-refractivity contribution is -0.140. The van der Waals surface area contributed by atoms with Crippen molar-refractivity contribution >= 4 is 17.7 Å². The molecule has 6 nitrogen and oxygen atoms in total. The molecule has 1 rings (SSSR count). The van der Waals surface area contributed by atoms with Gasteiger partial charge in [0, 0.05) is 19.5 Å². The Hall–Kier alpha value is -1.59. The Morgan fingerprint density at radius 3 is 2.43 bits per heavy atom. The summed E-state index contributed by atoms with van der Waals surface area (Å²) in [6.45, 7) is 8.96. The summed E-state index contributed by atoms with van der Waals surface area (Å²) in [7, 11) is 0. The standard InChI is InChI=1S/C15H27N3O3/c1-5-16-12(19)10-17-14(21)11-7-6-8-18(11)13(20)9-15(2,3)4/h11H,5-10H2,1-4H3,(H,16,19)(H,17,21)/t11-/m1/s1. The van der Waals surface area contributed by atoms with E-state index in [0.29, 0.717) is 25.9 Å². The third kappa shape index (κ3) is 5.73. The van der Waals surface area contributed by atoms with E-state index in [0.717, 1.165) is 6.42 Å². The second kappa shape index (κ2) is 7.43. The second-order valence-corrected chi connectivity index (χ2v) is 6.65. The minimum atomic E-state index is -0.436. The lowest BCUT2D eigenvalue weighted by Crippen LogP contribution is -2.48. The van der Waals surface area contributed by atoms with Crippen molar-refractivity contribution in [2.75, 3.05) is 19.6 Å². The average Bonchev–Trinajstić information content (AvgIpc) is 2.83.